The molecule has 24 heavy (non-hydrogen) atoms. The Morgan fingerprint density at radius 1 is 1.25 bits per heavy atom. The molecule has 1 aromatic carbocycles. The van der Waals surface area contributed by atoms with Crippen molar-refractivity contribution < 1.29 is 14.7 Å². The van der Waals surface area contributed by atoms with Gasteiger partial charge in [0, 0.05) is 11.8 Å². The number of nitrogens with two attached hydrogens (primary N) is 1. The van der Waals surface area contributed by atoms with E-state index >= 15 is 0 Å². The predicted octanol–water partition coefficient (Wildman–Crippen LogP) is 0.553. The van der Waals surface area contributed by atoms with Gasteiger partial charge < -0.3 is 15.7 Å². The predicted molar refractivity (Wildman–Crippen MR) is 87.8 cm³/mol. The fourth-order valence-corrected chi connectivity index (χ4v) is 2.56. The van der Waals surface area contributed by atoms with Gasteiger partial charge in [-0.1, -0.05) is 17.7 Å². The van der Waals surface area contributed by atoms with Crippen molar-refractivity contribution >= 4 is 17.8 Å². The fraction of sp³-hybridized carbons (Fsp3) is 0.312. The van der Waals surface area contributed by atoms with Crippen LogP contribution in [-0.2, 0) is 4.79 Å². The average molecular weight is 329 g/mol. The van der Waals surface area contributed by atoms with E-state index in [2.05, 4.69) is 10.4 Å². The highest BCUT2D eigenvalue weighted by atomic mass is 16.3. The van der Waals surface area contributed by atoms with Gasteiger partial charge in [-0.3, -0.25) is 10.1 Å². The van der Waals surface area contributed by atoms with Gasteiger partial charge in [0.25, 0.3) is 5.91 Å². The minimum Gasteiger partial charge on any atom is -0.377 e. The van der Waals surface area contributed by atoms with Crippen LogP contribution in [0.1, 0.15) is 11.3 Å². The molecule has 4 N–H and O–H groups in total. The zero-order valence-electron chi connectivity index (χ0n) is 13.5. The summed E-state index contributed by atoms with van der Waals surface area (Å²) in [4.78, 5) is 24.5. The number of amides is 3. The third-order valence-electron chi connectivity index (χ3n) is 4.05. The molecule has 8 heteroatoms. The number of likely N-dealkylation sites (tertiary alicyclic amines) is 1. The standard InChI is InChI=1S/C16H19N5O3/c1-10-3-5-12(6-4-10)21-11(2)7-13(19-21)18-15(23)20-8-16(24,9-20)14(17)22/h3-7,24H,8-9H2,1-2H3,(H2,17,22)(H,18,19,23). The summed E-state index contributed by atoms with van der Waals surface area (Å²) in [5.74, 6) is -0.432. The van der Waals surface area contributed by atoms with Crippen LogP contribution in [0, 0.1) is 13.8 Å². The van der Waals surface area contributed by atoms with E-state index < -0.39 is 17.5 Å². The van der Waals surface area contributed by atoms with Crippen molar-refractivity contribution in [3.63, 3.8) is 0 Å². The maximum Gasteiger partial charge on any atom is 0.323 e. The molecule has 0 aliphatic carbocycles. The van der Waals surface area contributed by atoms with Gasteiger partial charge in [0.2, 0.25) is 0 Å². The van der Waals surface area contributed by atoms with Crippen LogP contribution in [0.4, 0.5) is 10.6 Å². The Labute approximate surface area is 138 Å². The van der Waals surface area contributed by atoms with E-state index in [-0.39, 0.29) is 13.1 Å². The molecule has 0 atom stereocenters. The molecular weight excluding hydrogens is 310 g/mol. The van der Waals surface area contributed by atoms with Gasteiger partial charge in [-0.25, -0.2) is 9.48 Å². The first-order valence-electron chi connectivity index (χ1n) is 7.50. The number of aryl methyl sites for hydroxylation is 2. The first kappa shape index (κ1) is 16.0. The minimum absolute atomic E-state index is 0.119. The van der Waals surface area contributed by atoms with Crippen LogP contribution in [0.5, 0.6) is 0 Å². The number of carbonyl (C=O) groups is 2. The third-order valence-corrected chi connectivity index (χ3v) is 4.05. The van der Waals surface area contributed by atoms with E-state index in [4.69, 9.17) is 5.73 Å². The number of urea groups is 1. The van der Waals surface area contributed by atoms with Crippen LogP contribution < -0.4 is 11.1 Å². The van der Waals surface area contributed by atoms with Gasteiger partial charge in [-0.05, 0) is 26.0 Å². The van der Waals surface area contributed by atoms with Crippen molar-refractivity contribution in [1.29, 1.82) is 0 Å². The lowest BCUT2D eigenvalue weighted by atomic mass is 9.94. The lowest BCUT2D eigenvalue weighted by Gasteiger charge is -2.43. The smallest absolute Gasteiger partial charge is 0.323 e. The van der Waals surface area contributed by atoms with Crippen molar-refractivity contribution in [2.75, 3.05) is 18.4 Å². The lowest BCUT2D eigenvalue weighted by Crippen LogP contribution is -2.69. The van der Waals surface area contributed by atoms with Crippen LogP contribution in [0.2, 0.25) is 0 Å². The minimum atomic E-state index is -1.63. The molecule has 2 heterocycles. The lowest BCUT2D eigenvalue weighted by molar-refractivity contribution is -0.150. The Morgan fingerprint density at radius 3 is 2.46 bits per heavy atom. The number of primary amides is 1. The number of hydrogen-bond acceptors (Lipinski definition) is 4. The maximum absolute atomic E-state index is 12.1. The molecule has 8 nitrogen and oxygen atoms in total. The van der Waals surface area contributed by atoms with Crippen LogP contribution in [-0.4, -0.2) is 50.4 Å². The van der Waals surface area contributed by atoms with Crippen molar-refractivity contribution in [3.8, 4) is 5.69 Å². The van der Waals surface area contributed by atoms with Crippen LogP contribution in [0.25, 0.3) is 5.69 Å². The highest BCUT2D eigenvalue weighted by Gasteiger charge is 2.48. The molecule has 3 rings (SSSR count). The zero-order valence-corrected chi connectivity index (χ0v) is 13.5. The number of carbonyl (C=O) groups excluding carboxylic acids is 2. The van der Waals surface area contributed by atoms with Crippen molar-refractivity contribution in [2.45, 2.75) is 19.4 Å². The summed E-state index contributed by atoms with van der Waals surface area (Å²) in [6.07, 6.45) is 0. The largest absolute Gasteiger partial charge is 0.377 e. The number of rotatable bonds is 3. The van der Waals surface area contributed by atoms with E-state index in [1.807, 2.05) is 38.1 Å². The average Bonchev–Trinajstić information content (AvgIpc) is 2.85. The molecule has 3 amide bonds. The number of hydrogen-bond donors (Lipinski definition) is 3. The second kappa shape index (κ2) is 5.64. The van der Waals surface area contributed by atoms with Gasteiger partial charge in [0.1, 0.15) is 0 Å². The van der Waals surface area contributed by atoms with E-state index in [1.165, 1.54) is 4.90 Å². The summed E-state index contributed by atoms with van der Waals surface area (Å²) in [5.41, 5.74) is 6.36. The number of nitrogens with zero attached hydrogens (tertiary/aromatic N) is 3. The van der Waals surface area contributed by atoms with Gasteiger partial charge in [0.15, 0.2) is 11.4 Å². The number of β-amino-alcohol motifs (C(OH)–C–C–N with tert-alkyl or cyclic N) is 1. The highest BCUT2D eigenvalue weighted by Crippen LogP contribution is 2.22. The van der Waals surface area contributed by atoms with Crippen LogP contribution in [0.3, 0.4) is 0 Å². The van der Waals surface area contributed by atoms with Gasteiger partial charge >= 0.3 is 6.03 Å². The molecule has 1 aliphatic rings. The molecule has 1 aliphatic heterocycles. The molecule has 1 fully saturated rings. The summed E-state index contributed by atoms with van der Waals surface area (Å²) in [7, 11) is 0. The summed E-state index contributed by atoms with van der Waals surface area (Å²) in [5, 5.41) is 16.8. The molecule has 0 bridgehead atoms. The number of anilines is 1. The second-order valence-corrected chi connectivity index (χ2v) is 6.10. The molecule has 0 saturated carbocycles. The third kappa shape index (κ3) is 2.83. The Balaban J connectivity index is 1.69. The Kier molecular flexibility index (Phi) is 3.76. The number of aliphatic hydroxyl groups is 1. The molecule has 2 aromatic rings. The van der Waals surface area contributed by atoms with Gasteiger partial charge in [-0.2, -0.15) is 0 Å². The van der Waals surface area contributed by atoms with E-state index in [0.29, 0.717) is 5.82 Å². The Hall–Kier alpha value is -2.87. The summed E-state index contributed by atoms with van der Waals surface area (Å²) >= 11 is 0. The molecule has 0 spiro atoms. The van der Waals surface area contributed by atoms with Crippen molar-refractivity contribution in [3.05, 3.63) is 41.6 Å². The summed E-state index contributed by atoms with van der Waals surface area (Å²) in [6.45, 7) is 3.65. The molecule has 1 aromatic heterocycles. The van der Waals surface area contributed by atoms with Gasteiger partial charge in [-0.15, -0.1) is 5.10 Å². The number of benzene rings is 1. The summed E-state index contributed by atoms with van der Waals surface area (Å²) < 4.78 is 1.73. The normalized spacial score (nSPS) is 15.7. The monoisotopic (exact) mass is 329 g/mol. The first-order chi connectivity index (χ1) is 11.3. The second-order valence-electron chi connectivity index (χ2n) is 6.10. The van der Waals surface area contributed by atoms with E-state index in [9.17, 15) is 14.7 Å². The molecule has 1 saturated heterocycles. The number of aromatic nitrogens is 2. The Morgan fingerprint density at radius 2 is 1.88 bits per heavy atom. The van der Waals surface area contributed by atoms with Crippen molar-refractivity contribution in [2.24, 2.45) is 5.73 Å². The first-order valence-corrected chi connectivity index (χ1v) is 7.50. The molecule has 0 unspecified atom stereocenters. The summed E-state index contributed by atoms with van der Waals surface area (Å²) in [6, 6.07) is 9.18. The topological polar surface area (TPSA) is 113 Å². The molecular formula is C16H19N5O3. The Bertz CT molecular complexity index is 791. The van der Waals surface area contributed by atoms with Crippen molar-refractivity contribution in [1.82, 2.24) is 14.7 Å². The quantitative estimate of drug-likeness (QED) is 0.763. The fourth-order valence-electron chi connectivity index (χ4n) is 2.56. The van der Waals surface area contributed by atoms with Gasteiger partial charge in [0.05, 0.1) is 18.8 Å². The van der Waals surface area contributed by atoms with Crippen LogP contribution >= 0.6 is 0 Å². The molecule has 0 radical (unpaired) electrons. The van der Waals surface area contributed by atoms with Crippen LogP contribution in [0.15, 0.2) is 30.3 Å². The SMILES string of the molecule is Cc1ccc(-n2nc(NC(=O)N3CC(O)(C(N)=O)C3)cc2C)cc1. The maximum atomic E-state index is 12.1. The van der Waals surface area contributed by atoms with E-state index in [0.717, 1.165) is 16.9 Å². The zero-order chi connectivity index (χ0) is 17.5. The number of nitrogens with one attached hydrogen (secondary N) is 1. The highest BCUT2D eigenvalue weighted by molar-refractivity contribution is 5.93. The molecule has 126 valence electrons. The van der Waals surface area contributed by atoms with E-state index in [1.54, 1.807) is 10.7 Å².